The van der Waals surface area contributed by atoms with Crippen molar-refractivity contribution in [3.8, 4) is 11.5 Å². The lowest BCUT2D eigenvalue weighted by molar-refractivity contribution is -0.385. The van der Waals surface area contributed by atoms with Gasteiger partial charge in [-0.15, -0.1) is 0 Å². The van der Waals surface area contributed by atoms with Crippen LogP contribution in [0.25, 0.3) is 0 Å². The molecule has 2 atom stereocenters. The lowest BCUT2D eigenvalue weighted by atomic mass is 9.88. The second-order valence-electron chi connectivity index (χ2n) is 6.20. The van der Waals surface area contributed by atoms with Gasteiger partial charge in [0, 0.05) is 19.2 Å². The second kappa shape index (κ2) is 6.64. The Kier molecular flexibility index (Phi) is 4.57. The second-order valence-corrected chi connectivity index (χ2v) is 6.20. The van der Waals surface area contributed by atoms with Gasteiger partial charge >= 0.3 is 0 Å². The summed E-state index contributed by atoms with van der Waals surface area (Å²) in [5, 5.41) is 14.7. The van der Waals surface area contributed by atoms with Gasteiger partial charge in [0.05, 0.1) is 25.2 Å². The molecule has 1 aromatic carbocycles. The average molecular weight is 335 g/mol. The maximum absolute atomic E-state index is 12.9. The zero-order chi connectivity index (χ0) is 17.3. The highest BCUT2D eigenvalue weighted by Crippen LogP contribution is 2.36. The number of nitro benzene ring substituents is 1. The molecule has 2 saturated heterocycles. The smallest absolute Gasteiger partial charge is 0.286 e. The van der Waals surface area contributed by atoms with Crippen LogP contribution in [0.15, 0.2) is 12.1 Å². The van der Waals surface area contributed by atoms with Gasteiger partial charge < -0.3 is 19.7 Å². The lowest BCUT2D eigenvalue weighted by Gasteiger charge is -2.34. The first kappa shape index (κ1) is 16.5. The summed E-state index contributed by atoms with van der Waals surface area (Å²) >= 11 is 0. The van der Waals surface area contributed by atoms with Crippen LogP contribution in [0, 0.1) is 22.0 Å². The summed E-state index contributed by atoms with van der Waals surface area (Å²) in [7, 11) is 2.84. The average Bonchev–Trinajstić information content (AvgIpc) is 3.07. The van der Waals surface area contributed by atoms with E-state index in [2.05, 4.69) is 5.32 Å². The Labute approximate surface area is 139 Å². The number of rotatable bonds is 4. The van der Waals surface area contributed by atoms with Gasteiger partial charge in [-0.3, -0.25) is 14.9 Å². The summed E-state index contributed by atoms with van der Waals surface area (Å²) < 4.78 is 10.3. The number of nitrogens with one attached hydrogen (secondary N) is 1. The third-order valence-electron chi connectivity index (χ3n) is 4.92. The maximum atomic E-state index is 12.9. The van der Waals surface area contributed by atoms with E-state index in [0.717, 1.165) is 19.5 Å². The van der Waals surface area contributed by atoms with Crippen LogP contribution in [-0.4, -0.2) is 56.1 Å². The number of methoxy groups -OCH3 is 2. The van der Waals surface area contributed by atoms with Crippen LogP contribution in [0.5, 0.6) is 11.5 Å². The van der Waals surface area contributed by atoms with Crippen molar-refractivity contribution in [2.75, 3.05) is 40.4 Å². The molecule has 0 radical (unpaired) electrons. The maximum Gasteiger partial charge on any atom is 0.286 e. The lowest BCUT2D eigenvalue weighted by Crippen LogP contribution is -2.43. The van der Waals surface area contributed by atoms with E-state index in [0.29, 0.717) is 30.7 Å². The van der Waals surface area contributed by atoms with Crippen molar-refractivity contribution in [2.45, 2.75) is 6.42 Å². The van der Waals surface area contributed by atoms with Gasteiger partial charge in [0.2, 0.25) is 0 Å². The van der Waals surface area contributed by atoms with Crippen LogP contribution in [0.3, 0.4) is 0 Å². The van der Waals surface area contributed by atoms with Gasteiger partial charge in [0.1, 0.15) is 5.56 Å². The number of ether oxygens (including phenoxy) is 2. The van der Waals surface area contributed by atoms with E-state index >= 15 is 0 Å². The van der Waals surface area contributed by atoms with E-state index in [-0.39, 0.29) is 22.9 Å². The molecule has 2 heterocycles. The van der Waals surface area contributed by atoms with Crippen molar-refractivity contribution in [2.24, 2.45) is 11.8 Å². The molecule has 0 saturated carbocycles. The summed E-state index contributed by atoms with van der Waals surface area (Å²) in [4.78, 5) is 25.4. The number of piperidine rings is 1. The number of carbonyl (C=O) groups is 1. The van der Waals surface area contributed by atoms with Gasteiger partial charge in [0.15, 0.2) is 11.5 Å². The van der Waals surface area contributed by atoms with Crippen LogP contribution in [0.2, 0.25) is 0 Å². The van der Waals surface area contributed by atoms with Gasteiger partial charge in [0.25, 0.3) is 11.6 Å². The first-order chi connectivity index (χ1) is 11.5. The highest BCUT2D eigenvalue weighted by molar-refractivity contribution is 5.99. The Bertz CT molecular complexity index is 663. The molecule has 2 unspecified atom stereocenters. The topological polar surface area (TPSA) is 93.9 Å². The molecule has 3 rings (SSSR count). The minimum atomic E-state index is -0.556. The number of amides is 1. The molecule has 2 aliphatic heterocycles. The minimum absolute atomic E-state index is 0.0436. The number of likely N-dealkylation sites (tertiary alicyclic amines) is 1. The van der Waals surface area contributed by atoms with Crippen molar-refractivity contribution in [1.82, 2.24) is 10.2 Å². The number of nitro groups is 1. The molecule has 1 N–H and O–H groups in total. The zero-order valence-corrected chi connectivity index (χ0v) is 13.8. The van der Waals surface area contributed by atoms with E-state index in [1.807, 2.05) is 0 Å². The van der Waals surface area contributed by atoms with E-state index in [9.17, 15) is 14.9 Å². The van der Waals surface area contributed by atoms with Crippen molar-refractivity contribution in [3.05, 3.63) is 27.8 Å². The zero-order valence-electron chi connectivity index (χ0n) is 13.8. The van der Waals surface area contributed by atoms with E-state index in [1.54, 1.807) is 4.90 Å². The van der Waals surface area contributed by atoms with Gasteiger partial charge in [-0.2, -0.15) is 0 Å². The predicted octanol–water partition coefficient (Wildman–Crippen LogP) is 1.29. The summed E-state index contributed by atoms with van der Waals surface area (Å²) in [5.74, 6) is 1.23. The summed E-state index contributed by atoms with van der Waals surface area (Å²) in [6, 6.07) is 2.65. The largest absolute Gasteiger partial charge is 0.493 e. The molecule has 8 heteroatoms. The summed E-state index contributed by atoms with van der Waals surface area (Å²) in [6.45, 7) is 3.13. The van der Waals surface area contributed by atoms with E-state index in [1.165, 1.54) is 26.4 Å². The normalized spacial score (nSPS) is 22.8. The van der Waals surface area contributed by atoms with E-state index < -0.39 is 4.92 Å². The van der Waals surface area contributed by atoms with Crippen LogP contribution in [-0.2, 0) is 0 Å². The molecule has 2 aliphatic rings. The Morgan fingerprint density at radius 3 is 2.58 bits per heavy atom. The Hall–Kier alpha value is -2.35. The molecule has 1 amide bonds. The SMILES string of the molecule is COc1cc(C(=O)N2CCC3CNCC3C2)c([N+](=O)[O-])cc1OC. The highest BCUT2D eigenvalue weighted by Gasteiger charge is 2.36. The molecule has 130 valence electrons. The standard InChI is InChI=1S/C16H21N3O5/c1-23-14-5-12(13(19(21)22)6-15(14)24-2)16(20)18-4-3-10-7-17-8-11(10)9-18/h5-6,10-11,17H,3-4,7-9H2,1-2H3. The Balaban J connectivity index is 1.92. The number of hydrogen-bond acceptors (Lipinski definition) is 6. The Morgan fingerprint density at radius 1 is 1.25 bits per heavy atom. The fraction of sp³-hybridized carbons (Fsp3) is 0.562. The summed E-state index contributed by atoms with van der Waals surface area (Å²) in [6.07, 6.45) is 0.921. The number of fused-ring (bicyclic) bond motifs is 1. The minimum Gasteiger partial charge on any atom is -0.493 e. The van der Waals surface area contributed by atoms with Crippen molar-refractivity contribution < 1.29 is 19.2 Å². The molecule has 8 nitrogen and oxygen atoms in total. The fourth-order valence-corrected chi connectivity index (χ4v) is 3.58. The number of carbonyl (C=O) groups excluding carboxylic acids is 1. The molecule has 0 aliphatic carbocycles. The number of benzene rings is 1. The molecular weight excluding hydrogens is 314 g/mol. The molecule has 2 fully saturated rings. The van der Waals surface area contributed by atoms with Crippen LogP contribution in [0.4, 0.5) is 5.69 Å². The third-order valence-corrected chi connectivity index (χ3v) is 4.92. The van der Waals surface area contributed by atoms with Crippen LogP contribution < -0.4 is 14.8 Å². The molecular formula is C16H21N3O5. The van der Waals surface area contributed by atoms with Gasteiger partial charge in [-0.25, -0.2) is 0 Å². The first-order valence-corrected chi connectivity index (χ1v) is 7.95. The van der Waals surface area contributed by atoms with Gasteiger partial charge in [-0.05, 0) is 31.3 Å². The van der Waals surface area contributed by atoms with Gasteiger partial charge in [-0.1, -0.05) is 0 Å². The van der Waals surface area contributed by atoms with Crippen LogP contribution in [0.1, 0.15) is 16.8 Å². The molecule has 0 aromatic heterocycles. The third kappa shape index (κ3) is 2.89. The molecule has 1 aromatic rings. The van der Waals surface area contributed by atoms with Crippen molar-refractivity contribution >= 4 is 11.6 Å². The summed E-state index contributed by atoms with van der Waals surface area (Å²) in [5.41, 5.74) is -0.216. The first-order valence-electron chi connectivity index (χ1n) is 7.95. The number of nitrogens with zero attached hydrogens (tertiary/aromatic N) is 2. The highest BCUT2D eigenvalue weighted by atomic mass is 16.6. The molecule has 0 spiro atoms. The van der Waals surface area contributed by atoms with Crippen molar-refractivity contribution in [3.63, 3.8) is 0 Å². The Morgan fingerprint density at radius 2 is 1.92 bits per heavy atom. The van der Waals surface area contributed by atoms with E-state index in [4.69, 9.17) is 9.47 Å². The monoisotopic (exact) mass is 335 g/mol. The molecule has 0 bridgehead atoms. The number of hydrogen-bond donors (Lipinski definition) is 1. The quantitative estimate of drug-likeness (QED) is 0.658. The van der Waals surface area contributed by atoms with Crippen molar-refractivity contribution in [1.29, 1.82) is 0 Å². The fourth-order valence-electron chi connectivity index (χ4n) is 3.58. The molecule has 24 heavy (non-hydrogen) atoms. The predicted molar refractivity (Wildman–Crippen MR) is 86.6 cm³/mol. The van der Waals surface area contributed by atoms with Crippen LogP contribution >= 0.6 is 0 Å².